The molecule has 26 heavy (non-hydrogen) atoms. The summed E-state index contributed by atoms with van der Waals surface area (Å²) in [6, 6.07) is 9.31. The van der Waals surface area contributed by atoms with Gasteiger partial charge in [-0.25, -0.2) is 13.1 Å². The standard InChI is InChI=1S/C19H26N4O2S/c1-4-15-5-6-16(13-18(15)26(24,25)20-3)17-7-8-19(22-21-17)23-11-9-14(2)10-12-23/h5-8,13-14,20H,4,9-12H2,1-3H3. The first kappa shape index (κ1) is 18.8. The minimum absolute atomic E-state index is 0.302. The van der Waals surface area contributed by atoms with Crippen molar-refractivity contribution in [3.63, 3.8) is 0 Å². The number of hydrogen-bond acceptors (Lipinski definition) is 5. The second-order valence-corrected chi connectivity index (χ2v) is 8.68. The second-order valence-electron chi connectivity index (χ2n) is 6.83. The smallest absolute Gasteiger partial charge is 0.240 e. The van der Waals surface area contributed by atoms with Crippen LogP contribution in [0.2, 0.25) is 0 Å². The van der Waals surface area contributed by atoms with E-state index in [4.69, 9.17) is 0 Å². The van der Waals surface area contributed by atoms with Crippen LogP contribution >= 0.6 is 0 Å². The van der Waals surface area contributed by atoms with Crippen molar-refractivity contribution in [1.82, 2.24) is 14.9 Å². The van der Waals surface area contributed by atoms with Gasteiger partial charge in [0.1, 0.15) is 0 Å². The van der Waals surface area contributed by atoms with Gasteiger partial charge in [0.2, 0.25) is 10.0 Å². The maximum absolute atomic E-state index is 12.3. The van der Waals surface area contributed by atoms with Crippen molar-refractivity contribution in [1.29, 1.82) is 0 Å². The van der Waals surface area contributed by atoms with Gasteiger partial charge in [0.25, 0.3) is 0 Å². The number of benzene rings is 1. The monoisotopic (exact) mass is 374 g/mol. The molecule has 1 aliphatic heterocycles. The minimum Gasteiger partial charge on any atom is -0.355 e. The van der Waals surface area contributed by atoms with Crippen molar-refractivity contribution in [3.05, 3.63) is 35.9 Å². The minimum atomic E-state index is -3.51. The largest absolute Gasteiger partial charge is 0.355 e. The van der Waals surface area contributed by atoms with Crippen LogP contribution in [0.25, 0.3) is 11.3 Å². The second kappa shape index (κ2) is 7.72. The molecular weight excluding hydrogens is 348 g/mol. The van der Waals surface area contributed by atoms with Gasteiger partial charge in [-0.15, -0.1) is 10.2 Å². The van der Waals surface area contributed by atoms with Gasteiger partial charge in [-0.2, -0.15) is 0 Å². The molecule has 140 valence electrons. The molecule has 0 aliphatic carbocycles. The number of nitrogens with one attached hydrogen (secondary N) is 1. The van der Waals surface area contributed by atoms with Gasteiger partial charge >= 0.3 is 0 Å². The topological polar surface area (TPSA) is 75.2 Å². The van der Waals surface area contributed by atoms with E-state index in [1.165, 1.54) is 19.9 Å². The summed E-state index contributed by atoms with van der Waals surface area (Å²) in [5, 5.41) is 8.71. The molecule has 0 spiro atoms. The van der Waals surface area contributed by atoms with Crippen LogP contribution in [0.5, 0.6) is 0 Å². The molecule has 0 radical (unpaired) electrons. The zero-order valence-electron chi connectivity index (χ0n) is 15.6. The van der Waals surface area contributed by atoms with Crippen molar-refractivity contribution in [2.24, 2.45) is 5.92 Å². The summed E-state index contributed by atoms with van der Waals surface area (Å²) in [7, 11) is -2.08. The Morgan fingerprint density at radius 1 is 1.15 bits per heavy atom. The summed E-state index contributed by atoms with van der Waals surface area (Å²) >= 11 is 0. The van der Waals surface area contributed by atoms with Crippen LogP contribution in [-0.4, -0.2) is 38.8 Å². The third kappa shape index (κ3) is 3.88. The third-order valence-corrected chi connectivity index (χ3v) is 6.56. The van der Waals surface area contributed by atoms with E-state index in [1.54, 1.807) is 6.07 Å². The molecule has 0 amide bonds. The fourth-order valence-electron chi connectivity index (χ4n) is 3.25. The SMILES string of the molecule is CCc1ccc(-c2ccc(N3CCC(C)CC3)nn2)cc1S(=O)(=O)NC. The number of sulfonamides is 1. The van der Waals surface area contributed by atoms with Crippen molar-refractivity contribution < 1.29 is 8.42 Å². The van der Waals surface area contributed by atoms with Crippen molar-refractivity contribution in [2.45, 2.75) is 38.0 Å². The molecule has 7 heteroatoms. The predicted octanol–water partition coefficient (Wildman–Crippen LogP) is 2.85. The van der Waals surface area contributed by atoms with Gasteiger partial charge < -0.3 is 4.90 Å². The Labute approximate surface area is 155 Å². The van der Waals surface area contributed by atoms with E-state index in [-0.39, 0.29) is 0 Å². The normalized spacial score (nSPS) is 16.0. The first-order valence-electron chi connectivity index (χ1n) is 9.10. The van der Waals surface area contributed by atoms with Crippen molar-refractivity contribution in [2.75, 3.05) is 25.0 Å². The molecule has 1 fully saturated rings. The fraction of sp³-hybridized carbons (Fsp3) is 0.474. The highest BCUT2D eigenvalue weighted by Crippen LogP contribution is 2.26. The fourth-order valence-corrected chi connectivity index (χ4v) is 4.31. The molecule has 2 heterocycles. The molecule has 0 unspecified atom stereocenters. The maximum Gasteiger partial charge on any atom is 0.240 e. The number of aryl methyl sites for hydroxylation is 1. The Morgan fingerprint density at radius 3 is 2.46 bits per heavy atom. The lowest BCUT2D eigenvalue weighted by Gasteiger charge is -2.30. The summed E-state index contributed by atoms with van der Waals surface area (Å²) in [5.74, 6) is 1.65. The lowest BCUT2D eigenvalue weighted by Crippen LogP contribution is -2.33. The van der Waals surface area contributed by atoms with Crippen molar-refractivity contribution in [3.8, 4) is 11.3 Å². The van der Waals surface area contributed by atoms with Gasteiger partial charge in [-0.05, 0) is 56.0 Å². The van der Waals surface area contributed by atoms with Crippen molar-refractivity contribution >= 4 is 15.8 Å². The van der Waals surface area contributed by atoms with Gasteiger partial charge in [-0.1, -0.05) is 26.0 Å². The zero-order chi connectivity index (χ0) is 18.7. The number of nitrogens with zero attached hydrogens (tertiary/aromatic N) is 3. The molecule has 0 bridgehead atoms. The summed E-state index contributed by atoms with van der Waals surface area (Å²) < 4.78 is 27.0. The molecule has 2 aromatic rings. The Bertz CT molecular complexity index is 858. The molecule has 0 atom stereocenters. The lowest BCUT2D eigenvalue weighted by atomic mass is 9.99. The van der Waals surface area contributed by atoms with Crippen LogP contribution in [-0.2, 0) is 16.4 Å². The number of rotatable bonds is 5. The molecule has 0 saturated carbocycles. The number of piperidine rings is 1. The van der Waals surface area contributed by atoms with Crippen LogP contribution < -0.4 is 9.62 Å². The summed E-state index contributed by atoms with van der Waals surface area (Å²) in [4.78, 5) is 2.56. The quantitative estimate of drug-likeness (QED) is 0.871. The van der Waals surface area contributed by atoms with E-state index in [0.717, 1.165) is 36.0 Å². The van der Waals surface area contributed by atoms with E-state index >= 15 is 0 Å². The van der Waals surface area contributed by atoms with Crippen LogP contribution in [0.1, 0.15) is 32.3 Å². The van der Waals surface area contributed by atoms with Gasteiger partial charge in [-0.3, -0.25) is 0 Å². The Hall–Kier alpha value is -1.99. The van der Waals surface area contributed by atoms with Gasteiger partial charge in [0, 0.05) is 18.7 Å². The van der Waals surface area contributed by atoms with E-state index in [2.05, 4.69) is 26.7 Å². The number of hydrogen-bond donors (Lipinski definition) is 1. The predicted molar refractivity (Wildman–Crippen MR) is 104 cm³/mol. The first-order valence-corrected chi connectivity index (χ1v) is 10.6. The molecule has 6 nitrogen and oxygen atoms in total. The average molecular weight is 375 g/mol. The van der Waals surface area contributed by atoms with Crippen LogP contribution in [0.4, 0.5) is 5.82 Å². The van der Waals surface area contributed by atoms with Gasteiger partial charge in [0.15, 0.2) is 5.82 Å². The average Bonchev–Trinajstić information content (AvgIpc) is 2.68. The van der Waals surface area contributed by atoms with Crippen LogP contribution in [0.3, 0.4) is 0 Å². The van der Waals surface area contributed by atoms with Crippen LogP contribution in [0.15, 0.2) is 35.2 Å². The molecule has 3 rings (SSSR count). The first-order chi connectivity index (χ1) is 12.4. The highest BCUT2D eigenvalue weighted by molar-refractivity contribution is 7.89. The lowest BCUT2D eigenvalue weighted by molar-refractivity contribution is 0.436. The zero-order valence-corrected chi connectivity index (χ0v) is 16.4. The van der Waals surface area contributed by atoms with E-state index < -0.39 is 10.0 Å². The Kier molecular flexibility index (Phi) is 5.58. The van der Waals surface area contributed by atoms with E-state index in [9.17, 15) is 8.42 Å². The molecule has 1 aromatic heterocycles. The highest BCUT2D eigenvalue weighted by Gasteiger charge is 2.19. The van der Waals surface area contributed by atoms with Crippen LogP contribution in [0, 0.1) is 5.92 Å². The molecule has 1 aliphatic rings. The molecule has 1 saturated heterocycles. The van der Waals surface area contributed by atoms with Gasteiger partial charge in [0.05, 0.1) is 10.6 Å². The molecule has 1 N–H and O–H groups in total. The highest BCUT2D eigenvalue weighted by atomic mass is 32.2. The number of anilines is 1. The van der Waals surface area contributed by atoms with E-state index in [0.29, 0.717) is 17.0 Å². The van der Waals surface area contributed by atoms with E-state index in [1.807, 2.05) is 31.2 Å². The third-order valence-electron chi connectivity index (χ3n) is 5.06. The Morgan fingerprint density at radius 2 is 1.88 bits per heavy atom. The summed E-state index contributed by atoms with van der Waals surface area (Å²) in [6.45, 7) is 6.23. The summed E-state index contributed by atoms with van der Waals surface area (Å²) in [5.41, 5.74) is 2.21. The number of aromatic nitrogens is 2. The Balaban J connectivity index is 1.89. The molecule has 1 aromatic carbocycles. The summed E-state index contributed by atoms with van der Waals surface area (Å²) in [6.07, 6.45) is 2.99. The maximum atomic E-state index is 12.3. The molecular formula is C19H26N4O2S.